The van der Waals surface area contributed by atoms with E-state index in [-0.39, 0.29) is 18.1 Å². The minimum absolute atomic E-state index is 0.175. The van der Waals surface area contributed by atoms with Gasteiger partial charge in [-0.2, -0.15) is 0 Å². The number of aryl methyl sites for hydroxylation is 1. The molecule has 2 aromatic rings. The van der Waals surface area contributed by atoms with Crippen LogP contribution in [0.2, 0.25) is 0 Å². The van der Waals surface area contributed by atoms with Crippen LogP contribution in [0.1, 0.15) is 23.0 Å². The van der Waals surface area contributed by atoms with Crippen molar-refractivity contribution in [2.75, 3.05) is 25.6 Å². The van der Waals surface area contributed by atoms with Crippen LogP contribution in [-0.4, -0.2) is 54.4 Å². The summed E-state index contributed by atoms with van der Waals surface area (Å²) in [6.07, 6.45) is 0.156. The quantitative estimate of drug-likeness (QED) is 0.374. The highest BCUT2D eigenvalue weighted by molar-refractivity contribution is 5.91. The minimum atomic E-state index is -1.17. The number of carbonyl (C=O) groups is 3. The van der Waals surface area contributed by atoms with Gasteiger partial charge in [-0.15, -0.1) is 0 Å². The van der Waals surface area contributed by atoms with Gasteiger partial charge in [-0.25, -0.2) is 24.4 Å². The molecule has 0 aliphatic carbocycles. The summed E-state index contributed by atoms with van der Waals surface area (Å²) in [6.45, 7) is 3.14. The van der Waals surface area contributed by atoms with Gasteiger partial charge >= 0.3 is 17.9 Å². The zero-order valence-electron chi connectivity index (χ0n) is 16.2. The third-order valence-electron chi connectivity index (χ3n) is 3.49. The second-order valence-corrected chi connectivity index (χ2v) is 5.62. The van der Waals surface area contributed by atoms with E-state index in [9.17, 15) is 14.4 Å². The van der Waals surface area contributed by atoms with Crippen LogP contribution in [0.3, 0.4) is 0 Å². The van der Waals surface area contributed by atoms with Gasteiger partial charge in [-0.1, -0.05) is 0 Å². The molecule has 0 bridgehead atoms. The van der Waals surface area contributed by atoms with E-state index in [2.05, 4.69) is 20.0 Å². The molecule has 0 radical (unpaired) electrons. The van der Waals surface area contributed by atoms with E-state index in [4.69, 9.17) is 14.2 Å². The van der Waals surface area contributed by atoms with Crippen molar-refractivity contribution in [3.05, 3.63) is 47.9 Å². The number of methoxy groups -OCH3 is 1. The normalized spacial score (nSPS) is 11.1. The lowest BCUT2D eigenvalue weighted by Gasteiger charge is -2.19. The van der Waals surface area contributed by atoms with E-state index in [0.717, 1.165) is 0 Å². The van der Waals surface area contributed by atoms with Crippen molar-refractivity contribution in [1.82, 2.24) is 9.97 Å². The number of ether oxygens (including phenoxy) is 4. The molecule has 1 aromatic carbocycles. The van der Waals surface area contributed by atoms with Crippen molar-refractivity contribution in [2.45, 2.75) is 20.1 Å². The van der Waals surface area contributed by atoms with Gasteiger partial charge in [-0.3, -0.25) is 0 Å². The van der Waals surface area contributed by atoms with E-state index >= 15 is 0 Å². The average molecular weight is 403 g/mol. The summed E-state index contributed by atoms with van der Waals surface area (Å²) in [7, 11) is 1.20. The van der Waals surface area contributed by atoms with Crippen LogP contribution >= 0.6 is 0 Å². The van der Waals surface area contributed by atoms with E-state index in [1.165, 1.54) is 25.6 Å². The molecule has 10 heteroatoms. The maximum atomic E-state index is 12.2. The number of anilines is 1. The number of nitrogens with zero attached hydrogens (tertiary/aromatic N) is 2. The van der Waals surface area contributed by atoms with E-state index in [0.29, 0.717) is 11.4 Å². The molecular formula is C19H21N3O7. The highest BCUT2D eigenvalue weighted by Gasteiger charge is 2.23. The molecule has 2 rings (SSSR count). The van der Waals surface area contributed by atoms with Crippen molar-refractivity contribution < 1.29 is 33.3 Å². The van der Waals surface area contributed by atoms with Crippen molar-refractivity contribution in [3.8, 4) is 5.88 Å². The molecule has 1 N–H and O–H groups in total. The molecule has 0 spiro atoms. The van der Waals surface area contributed by atoms with Crippen LogP contribution in [0, 0.1) is 6.92 Å². The predicted molar refractivity (Wildman–Crippen MR) is 100 cm³/mol. The Kier molecular flexibility index (Phi) is 7.89. The maximum absolute atomic E-state index is 12.2. The standard InChI is InChI=1S/C19H21N3O7/c1-4-27-19(25)17(29-15-9-12(2)20-11-21-15)22-14-7-5-13(6-8-14)18(24)28-10-16(23)26-3/h5-9,11,17,22H,4,10H2,1-3H3. The number of esters is 3. The van der Waals surface area contributed by atoms with Gasteiger partial charge in [-0.05, 0) is 38.1 Å². The number of nitrogens with one attached hydrogen (secondary N) is 1. The van der Waals surface area contributed by atoms with E-state index in [1.807, 2.05) is 0 Å². The first-order valence-corrected chi connectivity index (χ1v) is 8.65. The summed E-state index contributed by atoms with van der Waals surface area (Å²) >= 11 is 0. The highest BCUT2D eigenvalue weighted by Crippen LogP contribution is 2.15. The first-order valence-electron chi connectivity index (χ1n) is 8.65. The summed E-state index contributed by atoms with van der Waals surface area (Å²) in [6, 6.07) is 7.62. The molecule has 0 fully saturated rings. The van der Waals surface area contributed by atoms with E-state index in [1.54, 1.807) is 32.0 Å². The molecule has 0 aliphatic heterocycles. The van der Waals surface area contributed by atoms with Crippen molar-refractivity contribution in [1.29, 1.82) is 0 Å². The summed E-state index contributed by atoms with van der Waals surface area (Å²) < 4.78 is 19.8. The fourth-order valence-corrected chi connectivity index (χ4v) is 2.09. The van der Waals surface area contributed by atoms with Gasteiger partial charge in [0.25, 0.3) is 6.23 Å². The van der Waals surface area contributed by atoms with Gasteiger partial charge in [0, 0.05) is 17.4 Å². The molecule has 1 unspecified atom stereocenters. The molecule has 0 aliphatic rings. The fourth-order valence-electron chi connectivity index (χ4n) is 2.09. The van der Waals surface area contributed by atoms with Crippen LogP contribution in [0.4, 0.5) is 5.69 Å². The Morgan fingerprint density at radius 1 is 1.10 bits per heavy atom. The number of hydrogen-bond donors (Lipinski definition) is 1. The van der Waals surface area contributed by atoms with Gasteiger partial charge in [0.05, 0.1) is 19.3 Å². The molecule has 0 saturated heterocycles. The summed E-state index contributed by atoms with van der Waals surface area (Å²) in [5, 5.41) is 2.87. The van der Waals surface area contributed by atoms with Gasteiger partial charge in [0.2, 0.25) is 5.88 Å². The van der Waals surface area contributed by atoms with Gasteiger partial charge < -0.3 is 24.3 Å². The van der Waals surface area contributed by atoms with Gasteiger partial charge in [0.15, 0.2) is 6.61 Å². The Bertz CT molecular complexity index is 855. The molecule has 29 heavy (non-hydrogen) atoms. The minimum Gasteiger partial charge on any atom is -0.466 e. The number of rotatable bonds is 9. The lowest BCUT2D eigenvalue weighted by molar-refractivity contribution is -0.150. The maximum Gasteiger partial charge on any atom is 0.369 e. The van der Waals surface area contributed by atoms with Crippen LogP contribution < -0.4 is 10.1 Å². The van der Waals surface area contributed by atoms with Crippen LogP contribution in [0.15, 0.2) is 36.7 Å². The van der Waals surface area contributed by atoms with E-state index < -0.39 is 30.7 Å². The lowest BCUT2D eigenvalue weighted by atomic mass is 10.2. The van der Waals surface area contributed by atoms with Crippen molar-refractivity contribution in [2.24, 2.45) is 0 Å². The van der Waals surface area contributed by atoms with Crippen LogP contribution in [0.25, 0.3) is 0 Å². The SMILES string of the molecule is CCOC(=O)C(Nc1ccc(C(=O)OCC(=O)OC)cc1)Oc1cc(C)ncn1. The number of carbonyl (C=O) groups excluding carboxylic acids is 3. The monoisotopic (exact) mass is 403 g/mol. The molecule has 1 atom stereocenters. The zero-order valence-corrected chi connectivity index (χ0v) is 16.2. The largest absolute Gasteiger partial charge is 0.466 e. The highest BCUT2D eigenvalue weighted by atomic mass is 16.6. The van der Waals surface area contributed by atoms with Crippen molar-refractivity contribution >= 4 is 23.6 Å². The molecule has 1 heterocycles. The number of aromatic nitrogens is 2. The summed E-state index contributed by atoms with van der Waals surface area (Å²) in [4.78, 5) is 43.1. The topological polar surface area (TPSA) is 126 Å². The fraction of sp³-hybridized carbons (Fsp3) is 0.316. The Morgan fingerprint density at radius 3 is 2.45 bits per heavy atom. The zero-order chi connectivity index (χ0) is 21.2. The lowest BCUT2D eigenvalue weighted by Crippen LogP contribution is -2.37. The molecule has 0 amide bonds. The smallest absolute Gasteiger partial charge is 0.369 e. The van der Waals surface area contributed by atoms with Crippen LogP contribution in [0.5, 0.6) is 5.88 Å². The molecule has 1 aromatic heterocycles. The first kappa shape index (κ1) is 21.6. The molecule has 10 nitrogen and oxygen atoms in total. The third-order valence-corrected chi connectivity index (χ3v) is 3.49. The Hall–Kier alpha value is -3.69. The third kappa shape index (κ3) is 6.76. The Balaban J connectivity index is 2.07. The molecule has 0 saturated carbocycles. The Morgan fingerprint density at radius 2 is 1.83 bits per heavy atom. The predicted octanol–water partition coefficient (Wildman–Crippen LogP) is 1.49. The molecule has 154 valence electrons. The van der Waals surface area contributed by atoms with Crippen LogP contribution in [-0.2, 0) is 23.8 Å². The summed E-state index contributed by atoms with van der Waals surface area (Å²) in [5.41, 5.74) is 1.38. The second kappa shape index (κ2) is 10.6. The number of benzene rings is 1. The number of hydrogen-bond acceptors (Lipinski definition) is 10. The summed E-state index contributed by atoms with van der Waals surface area (Å²) in [5.74, 6) is -1.78. The van der Waals surface area contributed by atoms with Crippen molar-refractivity contribution in [3.63, 3.8) is 0 Å². The molecular weight excluding hydrogens is 382 g/mol. The average Bonchev–Trinajstić information content (AvgIpc) is 2.72. The second-order valence-electron chi connectivity index (χ2n) is 5.62. The first-order chi connectivity index (χ1) is 13.9. The Labute approximate surface area is 167 Å². The van der Waals surface area contributed by atoms with Gasteiger partial charge in [0.1, 0.15) is 6.33 Å².